The topological polar surface area (TPSA) is 105 Å². The molecule has 2 aliphatic rings. The molecule has 1 aliphatic carbocycles. The van der Waals surface area contributed by atoms with Crippen LogP contribution in [-0.4, -0.2) is 47.8 Å². The number of likely N-dealkylation sites (tertiary alicyclic amines) is 1. The quantitative estimate of drug-likeness (QED) is 0.420. The Balaban J connectivity index is 1.36. The maximum Gasteiger partial charge on any atom is 0.269 e. The van der Waals surface area contributed by atoms with Gasteiger partial charge in [-0.3, -0.25) is 19.7 Å². The van der Waals surface area contributed by atoms with Crippen molar-refractivity contribution in [2.24, 2.45) is 11.8 Å². The van der Waals surface area contributed by atoms with Gasteiger partial charge in [0.05, 0.1) is 10.8 Å². The van der Waals surface area contributed by atoms with E-state index in [4.69, 9.17) is 0 Å². The predicted octanol–water partition coefficient (Wildman–Crippen LogP) is 1.38. The molecule has 1 saturated carbocycles. The zero-order chi connectivity index (χ0) is 17.8. The van der Waals surface area contributed by atoms with Gasteiger partial charge in [-0.25, -0.2) is 0 Å². The van der Waals surface area contributed by atoms with Crippen LogP contribution >= 0.6 is 0 Å². The number of nitro groups is 1. The van der Waals surface area contributed by atoms with Crippen molar-refractivity contribution >= 4 is 23.2 Å². The van der Waals surface area contributed by atoms with Gasteiger partial charge in [0, 0.05) is 50.4 Å². The van der Waals surface area contributed by atoms with Gasteiger partial charge in [-0.05, 0) is 30.9 Å². The number of benzene rings is 1. The number of amides is 2. The van der Waals surface area contributed by atoms with Crippen molar-refractivity contribution in [3.05, 3.63) is 34.4 Å². The molecule has 8 nitrogen and oxygen atoms in total. The molecule has 0 unspecified atom stereocenters. The molecule has 1 aliphatic heterocycles. The second-order valence-corrected chi connectivity index (χ2v) is 6.66. The Morgan fingerprint density at radius 3 is 2.60 bits per heavy atom. The maximum absolute atomic E-state index is 12.2. The fourth-order valence-corrected chi connectivity index (χ4v) is 2.97. The molecule has 3 rings (SSSR count). The summed E-state index contributed by atoms with van der Waals surface area (Å²) in [5.74, 6) is 0.371. The molecule has 25 heavy (non-hydrogen) atoms. The molecule has 2 fully saturated rings. The van der Waals surface area contributed by atoms with Gasteiger partial charge in [0.25, 0.3) is 5.69 Å². The standard InChI is InChI=1S/C17H22N4O4/c22-16-9-13(11-20(16)10-12-1-2-12)17(23)19-8-7-18-14-3-5-15(6-4-14)21(24)25/h3-6,12-13,18H,1-2,7-11H2,(H,19,23)/t13-/m0/s1. The van der Waals surface area contributed by atoms with E-state index in [0.717, 1.165) is 12.2 Å². The average Bonchev–Trinajstić information content (AvgIpc) is 3.34. The number of nitrogens with one attached hydrogen (secondary N) is 2. The van der Waals surface area contributed by atoms with Crippen molar-refractivity contribution < 1.29 is 14.5 Å². The summed E-state index contributed by atoms with van der Waals surface area (Å²) in [6.07, 6.45) is 2.68. The van der Waals surface area contributed by atoms with E-state index < -0.39 is 4.92 Å². The van der Waals surface area contributed by atoms with Crippen LogP contribution in [0.2, 0.25) is 0 Å². The molecule has 0 radical (unpaired) electrons. The van der Waals surface area contributed by atoms with Crippen molar-refractivity contribution in [3.63, 3.8) is 0 Å². The number of hydrogen-bond donors (Lipinski definition) is 2. The summed E-state index contributed by atoms with van der Waals surface area (Å²) < 4.78 is 0. The number of carbonyl (C=O) groups is 2. The highest BCUT2D eigenvalue weighted by Gasteiger charge is 2.36. The molecule has 1 aromatic rings. The van der Waals surface area contributed by atoms with Crippen molar-refractivity contribution in [3.8, 4) is 0 Å². The first-order chi connectivity index (χ1) is 12.0. The lowest BCUT2D eigenvalue weighted by Crippen LogP contribution is -2.35. The number of anilines is 1. The number of rotatable bonds is 8. The molecular weight excluding hydrogens is 324 g/mol. The fourth-order valence-electron chi connectivity index (χ4n) is 2.97. The lowest BCUT2D eigenvalue weighted by molar-refractivity contribution is -0.384. The predicted molar refractivity (Wildman–Crippen MR) is 92.0 cm³/mol. The number of nitrogens with zero attached hydrogens (tertiary/aromatic N) is 2. The summed E-state index contributed by atoms with van der Waals surface area (Å²) in [6.45, 7) is 2.26. The van der Waals surface area contributed by atoms with Crippen molar-refractivity contribution in [2.75, 3.05) is 31.5 Å². The van der Waals surface area contributed by atoms with Crippen LogP contribution in [-0.2, 0) is 9.59 Å². The van der Waals surface area contributed by atoms with Crippen LogP contribution in [0.4, 0.5) is 11.4 Å². The molecule has 1 heterocycles. The lowest BCUT2D eigenvalue weighted by Gasteiger charge is -2.16. The van der Waals surface area contributed by atoms with Gasteiger partial charge in [0.2, 0.25) is 11.8 Å². The normalized spacial score (nSPS) is 19.8. The summed E-state index contributed by atoms with van der Waals surface area (Å²) in [5, 5.41) is 16.5. The summed E-state index contributed by atoms with van der Waals surface area (Å²) in [5.41, 5.74) is 0.798. The molecule has 0 aromatic heterocycles. The van der Waals surface area contributed by atoms with E-state index in [1.54, 1.807) is 12.1 Å². The number of hydrogen-bond acceptors (Lipinski definition) is 5. The highest BCUT2D eigenvalue weighted by atomic mass is 16.6. The third-order valence-corrected chi connectivity index (χ3v) is 4.59. The van der Waals surface area contributed by atoms with Crippen molar-refractivity contribution in [1.82, 2.24) is 10.2 Å². The van der Waals surface area contributed by atoms with Gasteiger partial charge in [-0.15, -0.1) is 0 Å². The fraction of sp³-hybridized carbons (Fsp3) is 0.529. The molecule has 1 atom stereocenters. The second-order valence-electron chi connectivity index (χ2n) is 6.66. The first-order valence-electron chi connectivity index (χ1n) is 8.57. The number of nitro benzene ring substituents is 1. The van der Waals surface area contributed by atoms with Gasteiger partial charge in [0.1, 0.15) is 0 Å². The van der Waals surface area contributed by atoms with Crippen LogP contribution in [0, 0.1) is 22.0 Å². The minimum absolute atomic E-state index is 0.0421. The van der Waals surface area contributed by atoms with Crippen LogP contribution in [0.15, 0.2) is 24.3 Å². The Kier molecular flexibility index (Phi) is 5.16. The van der Waals surface area contributed by atoms with Gasteiger partial charge in [-0.2, -0.15) is 0 Å². The van der Waals surface area contributed by atoms with Gasteiger partial charge in [0.15, 0.2) is 0 Å². The van der Waals surface area contributed by atoms with Gasteiger partial charge in [-0.1, -0.05) is 0 Å². The molecule has 2 N–H and O–H groups in total. The van der Waals surface area contributed by atoms with Crippen LogP contribution in [0.1, 0.15) is 19.3 Å². The minimum atomic E-state index is -0.445. The summed E-state index contributed by atoms with van der Waals surface area (Å²) >= 11 is 0. The van der Waals surface area contributed by atoms with Crippen LogP contribution < -0.4 is 10.6 Å². The second kappa shape index (κ2) is 7.50. The molecule has 0 bridgehead atoms. The summed E-state index contributed by atoms with van der Waals surface area (Å²) in [4.78, 5) is 36.1. The highest BCUT2D eigenvalue weighted by Crippen LogP contribution is 2.31. The number of non-ortho nitro benzene ring substituents is 1. The molecule has 2 amide bonds. The molecule has 1 aromatic carbocycles. The molecule has 1 saturated heterocycles. The zero-order valence-corrected chi connectivity index (χ0v) is 13.9. The highest BCUT2D eigenvalue weighted by molar-refractivity contribution is 5.89. The smallest absolute Gasteiger partial charge is 0.269 e. The minimum Gasteiger partial charge on any atom is -0.383 e. The van der Waals surface area contributed by atoms with E-state index in [1.165, 1.54) is 25.0 Å². The Morgan fingerprint density at radius 1 is 1.24 bits per heavy atom. The van der Waals surface area contributed by atoms with Crippen LogP contribution in [0.5, 0.6) is 0 Å². The zero-order valence-electron chi connectivity index (χ0n) is 13.9. The molecular formula is C17H22N4O4. The molecule has 134 valence electrons. The number of carbonyl (C=O) groups excluding carboxylic acids is 2. The average molecular weight is 346 g/mol. The van der Waals surface area contributed by atoms with E-state index in [-0.39, 0.29) is 23.4 Å². The summed E-state index contributed by atoms with van der Waals surface area (Å²) in [6, 6.07) is 6.12. The van der Waals surface area contributed by atoms with Crippen molar-refractivity contribution in [1.29, 1.82) is 0 Å². The Hall–Kier alpha value is -2.64. The van der Waals surface area contributed by atoms with Crippen molar-refractivity contribution in [2.45, 2.75) is 19.3 Å². The first-order valence-corrected chi connectivity index (χ1v) is 8.57. The van der Waals surface area contributed by atoms with Gasteiger partial charge >= 0.3 is 0 Å². The lowest BCUT2D eigenvalue weighted by atomic mass is 10.1. The van der Waals surface area contributed by atoms with E-state index in [1.807, 2.05) is 4.90 Å². The third-order valence-electron chi connectivity index (χ3n) is 4.59. The molecule has 0 spiro atoms. The van der Waals surface area contributed by atoms with E-state index in [0.29, 0.717) is 32.0 Å². The van der Waals surface area contributed by atoms with E-state index in [9.17, 15) is 19.7 Å². The Morgan fingerprint density at radius 2 is 1.96 bits per heavy atom. The Labute approximate surface area is 145 Å². The Bertz CT molecular complexity index is 657. The summed E-state index contributed by atoms with van der Waals surface area (Å²) in [7, 11) is 0. The monoisotopic (exact) mass is 346 g/mol. The van der Waals surface area contributed by atoms with E-state index >= 15 is 0 Å². The van der Waals surface area contributed by atoms with Gasteiger partial charge < -0.3 is 15.5 Å². The largest absolute Gasteiger partial charge is 0.383 e. The first kappa shape index (κ1) is 17.2. The molecule has 8 heteroatoms. The van der Waals surface area contributed by atoms with Crippen LogP contribution in [0.3, 0.4) is 0 Å². The maximum atomic E-state index is 12.2. The van der Waals surface area contributed by atoms with E-state index in [2.05, 4.69) is 10.6 Å². The van der Waals surface area contributed by atoms with Crippen LogP contribution in [0.25, 0.3) is 0 Å². The third kappa shape index (κ3) is 4.68. The SMILES string of the molecule is O=C(NCCNc1ccc([N+](=O)[O-])cc1)[C@H]1CC(=O)N(CC2CC2)C1.